The topological polar surface area (TPSA) is 18.5 Å². The zero-order chi connectivity index (χ0) is 10.6. The van der Waals surface area contributed by atoms with E-state index in [4.69, 9.17) is 21.1 Å². The van der Waals surface area contributed by atoms with E-state index in [1.54, 1.807) is 20.3 Å². The van der Waals surface area contributed by atoms with Crippen molar-refractivity contribution < 1.29 is 9.47 Å². The van der Waals surface area contributed by atoms with E-state index < -0.39 is 0 Å². The highest BCUT2D eigenvalue weighted by molar-refractivity contribution is 7.80. The Morgan fingerprint density at radius 3 is 2.50 bits per heavy atom. The molecular formula is C10H13ClO2S. The lowest BCUT2D eigenvalue weighted by Crippen LogP contribution is -1.97. The first-order chi connectivity index (χ1) is 6.72. The summed E-state index contributed by atoms with van der Waals surface area (Å²) in [6, 6.07) is 3.61. The van der Waals surface area contributed by atoms with Crippen LogP contribution in [0.15, 0.2) is 12.1 Å². The molecule has 0 aliphatic heterocycles. The molecule has 0 heterocycles. The van der Waals surface area contributed by atoms with Gasteiger partial charge in [0.2, 0.25) is 0 Å². The zero-order valence-corrected chi connectivity index (χ0v) is 9.86. The highest BCUT2D eigenvalue weighted by Crippen LogP contribution is 2.34. The molecule has 78 valence electrons. The van der Waals surface area contributed by atoms with E-state index >= 15 is 0 Å². The number of hydrogen-bond acceptors (Lipinski definition) is 3. The molecule has 4 heteroatoms. The van der Waals surface area contributed by atoms with Gasteiger partial charge in [-0.25, -0.2) is 0 Å². The fraction of sp³-hybridized carbons (Fsp3) is 0.400. The Balaban J connectivity index is 3.17. The molecule has 1 aromatic carbocycles. The van der Waals surface area contributed by atoms with Crippen LogP contribution >= 0.6 is 24.2 Å². The van der Waals surface area contributed by atoms with Gasteiger partial charge in [0.1, 0.15) is 0 Å². The predicted octanol–water partition coefficient (Wildman–Crippen LogP) is 2.83. The molecule has 14 heavy (non-hydrogen) atoms. The first kappa shape index (κ1) is 11.5. The summed E-state index contributed by atoms with van der Waals surface area (Å²) in [5, 5.41) is 0.652. The summed E-state index contributed by atoms with van der Waals surface area (Å²) >= 11 is 10.1. The quantitative estimate of drug-likeness (QED) is 0.805. The van der Waals surface area contributed by atoms with E-state index in [2.05, 4.69) is 12.6 Å². The molecule has 0 fully saturated rings. The fourth-order valence-corrected chi connectivity index (χ4v) is 1.78. The van der Waals surface area contributed by atoms with Gasteiger partial charge in [0.05, 0.1) is 14.2 Å². The number of methoxy groups -OCH3 is 2. The molecule has 2 nitrogen and oxygen atoms in total. The van der Waals surface area contributed by atoms with Gasteiger partial charge < -0.3 is 9.47 Å². The molecule has 0 radical (unpaired) electrons. The van der Waals surface area contributed by atoms with E-state index in [1.165, 1.54) is 0 Å². The van der Waals surface area contributed by atoms with E-state index in [-0.39, 0.29) is 0 Å². The molecule has 0 atom stereocenters. The predicted molar refractivity (Wildman–Crippen MR) is 62.1 cm³/mol. The molecule has 0 bridgehead atoms. The Bertz CT molecular complexity index is 315. The van der Waals surface area contributed by atoms with Crippen molar-refractivity contribution >= 4 is 24.2 Å². The zero-order valence-electron chi connectivity index (χ0n) is 8.21. The molecule has 1 aromatic rings. The summed E-state index contributed by atoms with van der Waals surface area (Å²) in [6.45, 7) is 0. The lowest BCUT2D eigenvalue weighted by Gasteiger charge is -2.12. The molecule has 0 aliphatic carbocycles. The summed E-state index contributed by atoms with van der Waals surface area (Å²) < 4.78 is 10.4. The maximum atomic E-state index is 5.93. The molecule has 0 saturated carbocycles. The Labute approximate surface area is 94.6 Å². The van der Waals surface area contributed by atoms with Gasteiger partial charge in [-0.2, -0.15) is 12.6 Å². The lowest BCUT2D eigenvalue weighted by atomic mass is 10.1. The molecule has 0 aromatic heterocycles. The Morgan fingerprint density at radius 1 is 1.29 bits per heavy atom. The SMILES string of the molecule is COc1cc(Cl)cc(CCS)c1OC. The van der Waals surface area contributed by atoms with Gasteiger partial charge in [-0.1, -0.05) is 11.6 Å². The van der Waals surface area contributed by atoms with Crippen LogP contribution in [-0.2, 0) is 6.42 Å². The van der Waals surface area contributed by atoms with Crippen LogP contribution < -0.4 is 9.47 Å². The maximum Gasteiger partial charge on any atom is 0.164 e. The molecular weight excluding hydrogens is 220 g/mol. The van der Waals surface area contributed by atoms with Crippen molar-refractivity contribution in [1.29, 1.82) is 0 Å². The number of benzene rings is 1. The van der Waals surface area contributed by atoms with Crippen LogP contribution in [0.25, 0.3) is 0 Å². The molecule has 0 unspecified atom stereocenters. The highest BCUT2D eigenvalue weighted by atomic mass is 35.5. The summed E-state index contributed by atoms with van der Waals surface area (Å²) in [7, 11) is 3.21. The number of thiol groups is 1. The first-order valence-electron chi connectivity index (χ1n) is 4.24. The molecule has 0 aliphatic rings. The second kappa shape index (κ2) is 5.37. The van der Waals surface area contributed by atoms with Crippen LogP contribution in [-0.4, -0.2) is 20.0 Å². The van der Waals surface area contributed by atoms with Gasteiger partial charge in [-0.15, -0.1) is 0 Å². The van der Waals surface area contributed by atoms with Crippen molar-refractivity contribution in [3.8, 4) is 11.5 Å². The van der Waals surface area contributed by atoms with Crippen molar-refractivity contribution in [2.45, 2.75) is 6.42 Å². The monoisotopic (exact) mass is 232 g/mol. The third kappa shape index (κ3) is 2.49. The highest BCUT2D eigenvalue weighted by Gasteiger charge is 2.10. The summed E-state index contributed by atoms with van der Waals surface area (Å²) in [4.78, 5) is 0. The third-order valence-electron chi connectivity index (χ3n) is 1.90. The largest absolute Gasteiger partial charge is 0.493 e. The minimum Gasteiger partial charge on any atom is -0.493 e. The number of hydrogen-bond donors (Lipinski definition) is 1. The second-order valence-electron chi connectivity index (χ2n) is 2.77. The number of rotatable bonds is 4. The Hall–Kier alpha value is -0.540. The van der Waals surface area contributed by atoms with Gasteiger partial charge in [0.15, 0.2) is 11.5 Å². The lowest BCUT2D eigenvalue weighted by molar-refractivity contribution is 0.352. The van der Waals surface area contributed by atoms with E-state index in [9.17, 15) is 0 Å². The minimum absolute atomic E-state index is 0.652. The minimum atomic E-state index is 0.652. The number of halogens is 1. The van der Waals surface area contributed by atoms with Crippen LogP contribution in [0.5, 0.6) is 11.5 Å². The van der Waals surface area contributed by atoms with Crippen LogP contribution in [0.2, 0.25) is 5.02 Å². The van der Waals surface area contributed by atoms with Crippen molar-refractivity contribution in [2.75, 3.05) is 20.0 Å². The standard InChI is InChI=1S/C10H13ClO2S/c1-12-9-6-8(11)5-7(3-4-14)10(9)13-2/h5-6,14H,3-4H2,1-2H3. The third-order valence-corrected chi connectivity index (χ3v) is 2.34. The van der Waals surface area contributed by atoms with Gasteiger partial charge in [0.25, 0.3) is 0 Å². The van der Waals surface area contributed by atoms with E-state index in [0.29, 0.717) is 10.8 Å². The molecule has 0 spiro atoms. The normalized spacial score (nSPS) is 10.0. The summed E-state index contributed by atoms with van der Waals surface area (Å²) in [5.41, 5.74) is 1.02. The number of aryl methyl sites for hydroxylation is 1. The smallest absolute Gasteiger partial charge is 0.164 e. The Morgan fingerprint density at radius 2 is 2.00 bits per heavy atom. The molecule has 0 amide bonds. The van der Waals surface area contributed by atoms with Crippen molar-refractivity contribution in [3.63, 3.8) is 0 Å². The second-order valence-corrected chi connectivity index (χ2v) is 3.66. The van der Waals surface area contributed by atoms with E-state index in [0.717, 1.165) is 23.5 Å². The van der Waals surface area contributed by atoms with E-state index in [1.807, 2.05) is 6.07 Å². The number of ether oxygens (including phenoxy) is 2. The summed E-state index contributed by atoms with van der Waals surface area (Å²) in [5.74, 6) is 2.16. The maximum absolute atomic E-state index is 5.93. The van der Waals surface area contributed by atoms with Crippen LogP contribution in [0.1, 0.15) is 5.56 Å². The molecule has 1 rings (SSSR count). The van der Waals surface area contributed by atoms with Crippen LogP contribution in [0.4, 0.5) is 0 Å². The van der Waals surface area contributed by atoms with Crippen LogP contribution in [0.3, 0.4) is 0 Å². The average molecular weight is 233 g/mol. The molecule has 0 N–H and O–H groups in total. The van der Waals surface area contributed by atoms with Crippen molar-refractivity contribution in [1.82, 2.24) is 0 Å². The van der Waals surface area contributed by atoms with Gasteiger partial charge >= 0.3 is 0 Å². The van der Waals surface area contributed by atoms with Crippen molar-refractivity contribution in [2.24, 2.45) is 0 Å². The Kier molecular flexibility index (Phi) is 4.42. The van der Waals surface area contributed by atoms with Gasteiger partial charge in [-0.05, 0) is 18.2 Å². The van der Waals surface area contributed by atoms with Crippen molar-refractivity contribution in [3.05, 3.63) is 22.7 Å². The average Bonchev–Trinajstić information content (AvgIpc) is 2.17. The van der Waals surface area contributed by atoms with Gasteiger partial charge in [-0.3, -0.25) is 0 Å². The first-order valence-corrected chi connectivity index (χ1v) is 5.25. The van der Waals surface area contributed by atoms with Crippen LogP contribution in [0, 0.1) is 0 Å². The fourth-order valence-electron chi connectivity index (χ4n) is 1.31. The molecule has 0 saturated heterocycles. The van der Waals surface area contributed by atoms with Gasteiger partial charge in [0, 0.05) is 16.7 Å². The summed E-state index contributed by atoms with van der Waals surface area (Å²) in [6.07, 6.45) is 0.809.